The number of furan rings is 1. The molecule has 1 nitrogen and oxygen atoms in total. The van der Waals surface area contributed by atoms with E-state index in [1.54, 1.807) is 6.08 Å². The van der Waals surface area contributed by atoms with Crippen molar-refractivity contribution < 1.29 is 4.42 Å². The number of benzene rings is 10. The number of hydrogen-bond acceptors (Lipinski definition) is 1. The van der Waals surface area contributed by atoms with Crippen molar-refractivity contribution in [2.24, 2.45) is 0 Å². The number of fused-ring (bicyclic) bond motifs is 10. The maximum atomic E-state index is 6.25. The highest BCUT2D eigenvalue weighted by molar-refractivity contribution is 6.29. The van der Waals surface area contributed by atoms with Crippen LogP contribution in [0.25, 0.3) is 116 Å². The van der Waals surface area contributed by atoms with Gasteiger partial charge in [0.15, 0.2) is 0 Å². The molecule has 11 aromatic rings. The Kier molecular flexibility index (Phi) is 7.08. The van der Waals surface area contributed by atoms with Crippen LogP contribution in [0.5, 0.6) is 0 Å². The first-order valence-electron chi connectivity index (χ1n) is 18.8. The van der Waals surface area contributed by atoms with Crippen molar-refractivity contribution in [1.29, 1.82) is 0 Å². The van der Waals surface area contributed by atoms with Crippen LogP contribution in [0.4, 0.5) is 0 Å². The smallest absolute Gasteiger partial charge is 0.135 e. The molecule has 0 bridgehead atoms. The first kappa shape index (κ1) is 31.3. The summed E-state index contributed by atoms with van der Waals surface area (Å²) in [4.78, 5) is 0. The maximum absolute atomic E-state index is 6.25. The zero-order valence-corrected chi connectivity index (χ0v) is 30.1. The molecule has 55 heavy (non-hydrogen) atoms. The van der Waals surface area contributed by atoms with E-state index in [0.29, 0.717) is 0 Å². The molecule has 0 radical (unpaired) electrons. The van der Waals surface area contributed by atoms with E-state index in [-0.39, 0.29) is 0 Å². The summed E-state index contributed by atoms with van der Waals surface area (Å²) in [5.74, 6) is 0.774. The van der Waals surface area contributed by atoms with Crippen LogP contribution in [-0.2, 0) is 0 Å². The van der Waals surface area contributed by atoms with Crippen LogP contribution >= 0.6 is 0 Å². The van der Waals surface area contributed by atoms with E-state index in [4.69, 9.17) is 4.42 Å². The molecule has 256 valence electrons. The van der Waals surface area contributed by atoms with Crippen molar-refractivity contribution in [1.82, 2.24) is 0 Å². The van der Waals surface area contributed by atoms with Crippen molar-refractivity contribution >= 4 is 93.8 Å². The molecule has 0 saturated heterocycles. The van der Waals surface area contributed by atoms with Gasteiger partial charge >= 0.3 is 0 Å². The molecule has 0 N–H and O–H groups in total. The lowest BCUT2D eigenvalue weighted by atomic mass is 9.88. The van der Waals surface area contributed by atoms with E-state index in [9.17, 15) is 0 Å². The highest BCUT2D eigenvalue weighted by Crippen LogP contribution is 2.41. The minimum Gasteiger partial charge on any atom is -0.456 e. The minimum atomic E-state index is 0.774. The van der Waals surface area contributed by atoms with Crippen LogP contribution in [0.3, 0.4) is 0 Å². The average Bonchev–Trinajstić information content (AvgIpc) is 3.61. The van der Waals surface area contributed by atoms with E-state index in [0.717, 1.165) is 33.4 Å². The summed E-state index contributed by atoms with van der Waals surface area (Å²) in [7, 11) is 0. The number of rotatable bonds is 5. The van der Waals surface area contributed by atoms with Gasteiger partial charge in [0.1, 0.15) is 11.3 Å². The Morgan fingerprint density at radius 2 is 0.964 bits per heavy atom. The minimum absolute atomic E-state index is 0.774. The Morgan fingerprint density at radius 3 is 1.84 bits per heavy atom. The van der Waals surface area contributed by atoms with Crippen LogP contribution in [-0.4, -0.2) is 0 Å². The molecule has 0 fully saturated rings. The summed E-state index contributed by atoms with van der Waals surface area (Å²) in [5.41, 5.74) is 7.83. The monoisotopic (exact) mass is 698 g/mol. The summed E-state index contributed by atoms with van der Waals surface area (Å²) < 4.78 is 6.25. The van der Waals surface area contributed by atoms with Gasteiger partial charge in [0.25, 0.3) is 0 Å². The third-order valence-corrected chi connectivity index (χ3v) is 11.4. The van der Waals surface area contributed by atoms with Gasteiger partial charge < -0.3 is 4.42 Å². The second kappa shape index (κ2) is 12.4. The van der Waals surface area contributed by atoms with E-state index in [2.05, 4.69) is 195 Å². The SMILES string of the molecule is C=Cc1oc2ccc(-c3ccc4ccccc4c3)cc2c1/C=C/c1ccc2cc(-c3cc4ccc5ccc6ccccc6c5c4c4ccccc34)ccc2c1. The molecule has 1 heteroatoms. The topological polar surface area (TPSA) is 13.1 Å². The molecule has 0 aliphatic rings. The van der Waals surface area contributed by atoms with Gasteiger partial charge in [0, 0.05) is 10.9 Å². The molecule has 1 aromatic heterocycles. The molecule has 0 atom stereocenters. The quantitative estimate of drug-likeness (QED) is 0.163. The van der Waals surface area contributed by atoms with Gasteiger partial charge in [-0.05, 0) is 141 Å². The van der Waals surface area contributed by atoms with Crippen molar-refractivity contribution in [2.45, 2.75) is 0 Å². The van der Waals surface area contributed by atoms with Gasteiger partial charge in [-0.15, -0.1) is 0 Å². The Labute approximate surface area is 318 Å². The van der Waals surface area contributed by atoms with Crippen LogP contribution in [0, 0.1) is 0 Å². The van der Waals surface area contributed by atoms with Crippen molar-refractivity contribution in [3.05, 3.63) is 199 Å². The number of hydrogen-bond donors (Lipinski definition) is 0. The maximum Gasteiger partial charge on any atom is 0.135 e. The van der Waals surface area contributed by atoms with E-state index < -0.39 is 0 Å². The standard InChI is InChI=1S/C54H34O/c1-2-51-47(50-32-42(26-28-52(50)55-51)41-22-18-35-9-3-4-11-38(35)30-41)27-16-34-15-17-40-31-43(24-23-39(40)29-34)49-33-44-25-21-37-20-19-36-10-5-6-12-45(36)53(37)54(44)48-14-8-7-13-46(48)49/h2-33H,1H2/b27-16+. The molecule has 0 aliphatic carbocycles. The highest BCUT2D eigenvalue weighted by Gasteiger charge is 2.15. The van der Waals surface area contributed by atoms with Gasteiger partial charge in [-0.1, -0.05) is 152 Å². The Balaban J connectivity index is 0.972. The van der Waals surface area contributed by atoms with Gasteiger partial charge in [-0.2, -0.15) is 0 Å². The molecule has 1 heterocycles. The zero-order chi connectivity index (χ0) is 36.5. The van der Waals surface area contributed by atoms with Crippen molar-refractivity contribution in [3.63, 3.8) is 0 Å². The fourth-order valence-electron chi connectivity index (χ4n) is 8.65. The predicted octanol–water partition coefficient (Wildman–Crippen LogP) is 15.5. The lowest BCUT2D eigenvalue weighted by Crippen LogP contribution is -1.88. The zero-order valence-electron chi connectivity index (χ0n) is 30.1. The summed E-state index contributed by atoms with van der Waals surface area (Å²) >= 11 is 0. The molecule has 0 unspecified atom stereocenters. The Morgan fingerprint density at radius 1 is 0.382 bits per heavy atom. The van der Waals surface area contributed by atoms with Gasteiger partial charge in [-0.3, -0.25) is 0 Å². The lowest BCUT2D eigenvalue weighted by Gasteiger charge is -2.15. The first-order chi connectivity index (χ1) is 27.2. The summed E-state index contributed by atoms with van der Waals surface area (Å²) in [6, 6.07) is 64.2. The second-order valence-corrected chi connectivity index (χ2v) is 14.5. The van der Waals surface area contributed by atoms with Crippen LogP contribution in [0.15, 0.2) is 187 Å². The molecule has 0 spiro atoms. The predicted molar refractivity (Wildman–Crippen MR) is 238 cm³/mol. The Bertz CT molecular complexity index is 3390. The first-order valence-corrected chi connectivity index (χ1v) is 18.8. The third kappa shape index (κ3) is 5.16. The largest absolute Gasteiger partial charge is 0.456 e. The molecule has 10 aromatic carbocycles. The molecule has 0 saturated carbocycles. The van der Waals surface area contributed by atoms with Crippen molar-refractivity contribution in [3.8, 4) is 22.3 Å². The molecular weight excluding hydrogens is 665 g/mol. The molecule has 0 amide bonds. The molecule has 11 rings (SSSR count). The summed E-state index contributed by atoms with van der Waals surface area (Å²) in [5, 5.41) is 16.3. The summed E-state index contributed by atoms with van der Waals surface area (Å²) in [6.45, 7) is 4.06. The fraction of sp³-hybridized carbons (Fsp3) is 0. The van der Waals surface area contributed by atoms with E-state index in [1.165, 1.54) is 81.3 Å². The van der Waals surface area contributed by atoms with Crippen LogP contribution < -0.4 is 0 Å². The Hall–Kier alpha value is -7.22. The average molecular weight is 699 g/mol. The van der Waals surface area contributed by atoms with Gasteiger partial charge in [0.2, 0.25) is 0 Å². The van der Waals surface area contributed by atoms with Gasteiger partial charge in [0.05, 0.1) is 0 Å². The van der Waals surface area contributed by atoms with Gasteiger partial charge in [-0.25, -0.2) is 0 Å². The second-order valence-electron chi connectivity index (χ2n) is 14.5. The molecule has 0 aliphatic heterocycles. The highest BCUT2D eigenvalue weighted by atomic mass is 16.3. The van der Waals surface area contributed by atoms with Crippen molar-refractivity contribution in [2.75, 3.05) is 0 Å². The molecular formula is C54H34O. The van der Waals surface area contributed by atoms with E-state index in [1.807, 2.05) is 0 Å². The summed E-state index contributed by atoms with van der Waals surface area (Å²) in [6.07, 6.45) is 6.15. The third-order valence-electron chi connectivity index (χ3n) is 11.4. The normalized spacial score (nSPS) is 12.0. The van der Waals surface area contributed by atoms with Crippen LogP contribution in [0.2, 0.25) is 0 Å². The van der Waals surface area contributed by atoms with E-state index >= 15 is 0 Å². The fourth-order valence-corrected chi connectivity index (χ4v) is 8.65. The lowest BCUT2D eigenvalue weighted by molar-refractivity contribution is 0.603. The van der Waals surface area contributed by atoms with Crippen LogP contribution in [0.1, 0.15) is 16.9 Å².